The fourth-order valence-corrected chi connectivity index (χ4v) is 1.48. The number of hydroxylamine groups is 1. The minimum absolute atomic E-state index is 0.0988. The molecule has 15 heavy (non-hydrogen) atoms. The highest BCUT2D eigenvalue weighted by molar-refractivity contribution is 7.75. The number of carbonyl (C=O) groups is 1. The first kappa shape index (κ1) is 12.2. The maximum absolute atomic E-state index is 11.6. The molecule has 1 aromatic rings. The van der Waals surface area contributed by atoms with Gasteiger partial charge in [0.1, 0.15) is 0 Å². The average Bonchev–Trinajstić information content (AvgIpc) is 2.17. The molecule has 0 aliphatic heterocycles. The van der Waals surface area contributed by atoms with Crippen LogP contribution in [0.25, 0.3) is 0 Å². The molecule has 0 saturated carbocycles. The molecule has 1 rings (SSSR count). The van der Waals surface area contributed by atoms with E-state index >= 15 is 0 Å². The van der Waals surface area contributed by atoms with E-state index in [1.165, 1.54) is 0 Å². The van der Waals surface area contributed by atoms with E-state index in [1.54, 1.807) is 12.1 Å². The number of hydrogen-bond acceptors (Lipinski definition) is 3. The minimum Gasteiger partial charge on any atom is -0.208 e. The maximum atomic E-state index is 11.6. The summed E-state index contributed by atoms with van der Waals surface area (Å²) in [6.07, 6.45) is 0. The average molecular weight is 224 g/mol. The fraction of sp³-hybridized carbons (Fsp3) is 0.364. The predicted molar refractivity (Wildman–Crippen MR) is 61.7 cm³/mol. The van der Waals surface area contributed by atoms with Crippen molar-refractivity contribution in [3.63, 3.8) is 0 Å². The van der Waals surface area contributed by atoms with Gasteiger partial charge in [-0.15, -0.1) is 0 Å². The molecule has 0 aliphatic rings. The zero-order chi connectivity index (χ0) is 11.5. The number of hydrogen-bond donors (Lipinski definition) is 1. The fourth-order valence-electron chi connectivity index (χ4n) is 1.41. The van der Waals surface area contributed by atoms with E-state index in [-0.39, 0.29) is 5.41 Å². The predicted octanol–water partition coefficient (Wildman–Crippen LogP) is 2.51. The van der Waals surface area contributed by atoms with E-state index in [4.69, 9.17) is 0 Å². The van der Waals surface area contributed by atoms with Gasteiger partial charge >= 0.3 is 11.4 Å². The first-order valence-electron chi connectivity index (χ1n) is 4.62. The van der Waals surface area contributed by atoms with Crippen LogP contribution in [-0.2, 0) is 9.70 Å². The molecule has 0 atom stereocenters. The highest BCUT2D eigenvalue weighted by atomic mass is 32.1. The lowest BCUT2D eigenvalue weighted by molar-refractivity contribution is 0.0784. The van der Waals surface area contributed by atoms with E-state index in [9.17, 15) is 4.79 Å². The third-order valence-electron chi connectivity index (χ3n) is 2.09. The molecular formula is C11H14NO2S+. The van der Waals surface area contributed by atoms with Gasteiger partial charge in [0.2, 0.25) is 0 Å². The van der Waals surface area contributed by atoms with E-state index in [0.29, 0.717) is 5.56 Å². The van der Waals surface area contributed by atoms with Gasteiger partial charge in [0.15, 0.2) is 0 Å². The van der Waals surface area contributed by atoms with Crippen LogP contribution in [0, 0.1) is 0 Å². The zero-order valence-corrected chi connectivity index (χ0v) is 9.91. The summed E-state index contributed by atoms with van der Waals surface area (Å²) >= 11 is 3.43. The van der Waals surface area contributed by atoms with Crippen LogP contribution in [0.2, 0.25) is 0 Å². The molecule has 0 N–H and O–H groups in total. The summed E-state index contributed by atoms with van der Waals surface area (Å²) in [4.78, 5) is 11.6. The zero-order valence-electron chi connectivity index (χ0n) is 9.02. The van der Waals surface area contributed by atoms with Gasteiger partial charge in [-0.3, -0.25) is 0 Å². The summed E-state index contributed by atoms with van der Waals surface area (Å²) in [7, 11) is 0. The number of nitrogens with zero attached hydrogens (tertiary/aromatic N) is 1. The molecule has 0 saturated heterocycles. The largest absolute Gasteiger partial charge is 0.503 e. The third kappa shape index (κ3) is 3.06. The maximum Gasteiger partial charge on any atom is 0.503 e. The Morgan fingerprint density at radius 3 is 2.47 bits per heavy atom. The van der Waals surface area contributed by atoms with Crippen LogP contribution in [-0.4, -0.2) is 5.91 Å². The van der Waals surface area contributed by atoms with Crippen LogP contribution in [0.15, 0.2) is 24.3 Å². The number of amides is 1. The highest BCUT2D eigenvalue weighted by Crippen LogP contribution is 2.25. The first-order valence-corrected chi connectivity index (χ1v) is 4.99. The number of thiol groups is 1. The molecular weight excluding hydrogens is 210 g/mol. The van der Waals surface area contributed by atoms with Gasteiger partial charge in [0.05, 0.1) is 18.5 Å². The van der Waals surface area contributed by atoms with Gasteiger partial charge < -0.3 is 0 Å². The standard InChI is InChI=1S/C11H14NO2S/c1-11(2,3)9-7-5-4-6-8(9)10(13)12-14-15/h4-7,15H,1-3H3/q+1. The van der Waals surface area contributed by atoms with Gasteiger partial charge in [0, 0.05) is 0 Å². The van der Waals surface area contributed by atoms with Crippen molar-refractivity contribution in [2.75, 3.05) is 0 Å². The molecule has 4 heteroatoms. The van der Waals surface area contributed by atoms with Crippen LogP contribution in [0.1, 0.15) is 36.7 Å². The van der Waals surface area contributed by atoms with Crippen molar-refractivity contribution in [3.05, 3.63) is 35.4 Å². The van der Waals surface area contributed by atoms with Gasteiger partial charge in [-0.2, -0.15) is 0 Å². The molecule has 0 aliphatic carbocycles. The molecule has 80 valence electrons. The van der Waals surface area contributed by atoms with E-state index in [1.807, 2.05) is 32.9 Å². The number of rotatable bonds is 2. The summed E-state index contributed by atoms with van der Waals surface area (Å²) in [6.45, 7) is 6.13. The number of benzene rings is 1. The first-order chi connectivity index (χ1) is 6.96. The Morgan fingerprint density at radius 1 is 1.33 bits per heavy atom. The Kier molecular flexibility index (Phi) is 3.90. The topological polar surface area (TPSA) is 40.4 Å². The van der Waals surface area contributed by atoms with Crippen LogP contribution >= 0.6 is 12.9 Å². The van der Waals surface area contributed by atoms with E-state index in [0.717, 1.165) is 5.56 Å². The highest BCUT2D eigenvalue weighted by Gasteiger charge is 2.30. The number of carbonyl (C=O) groups excluding carboxylic acids is 1. The van der Waals surface area contributed by atoms with Crippen molar-refractivity contribution >= 4 is 18.8 Å². The summed E-state index contributed by atoms with van der Waals surface area (Å²) in [5.41, 5.74) is 4.70. The third-order valence-corrected chi connectivity index (χ3v) is 2.17. The molecule has 3 nitrogen and oxygen atoms in total. The van der Waals surface area contributed by atoms with Crippen molar-refractivity contribution in [1.29, 1.82) is 0 Å². The molecule has 0 heterocycles. The summed E-state index contributed by atoms with van der Waals surface area (Å²) in [5.74, 6) is -0.407. The van der Waals surface area contributed by atoms with Crippen molar-refractivity contribution in [2.45, 2.75) is 26.2 Å². The molecule has 0 fully saturated rings. The molecule has 0 unspecified atom stereocenters. The Hall–Kier alpha value is -0.840. The van der Waals surface area contributed by atoms with E-state index < -0.39 is 5.91 Å². The lowest BCUT2D eigenvalue weighted by Crippen LogP contribution is -2.21. The monoisotopic (exact) mass is 224 g/mol. The van der Waals surface area contributed by atoms with Gasteiger partial charge in [0.25, 0.3) is 0 Å². The lowest BCUT2D eigenvalue weighted by atomic mass is 9.83. The molecule has 1 aromatic carbocycles. The lowest BCUT2D eigenvalue weighted by Gasteiger charge is -2.19. The summed E-state index contributed by atoms with van der Waals surface area (Å²) in [5, 5.41) is 0. The second-order valence-electron chi connectivity index (χ2n) is 4.27. The molecule has 2 radical (unpaired) electrons. The minimum atomic E-state index is -0.407. The van der Waals surface area contributed by atoms with Crippen molar-refractivity contribution < 1.29 is 9.08 Å². The Labute approximate surface area is 95.4 Å². The smallest absolute Gasteiger partial charge is 0.208 e. The molecule has 0 spiro atoms. The van der Waals surface area contributed by atoms with Crippen LogP contribution in [0.3, 0.4) is 0 Å². The Bertz CT molecular complexity index is 358. The molecule has 0 aromatic heterocycles. The van der Waals surface area contributed by atoms with Gasteiger partial charge in [-0.1, -0.05) is 39.0 Å². The van der Waals surface area contributed by atoms with Gasteiger partial charge in [-0.25, -0.2) is 4.79 Å². The Morgan fingerprint density at radius 2 is 1.93 bits per heavy atom. The second-order valence-corrected chi connectivity index (χ2v) is 4.44. The van der Waals surface area contributed by atoms with Crippen LogP contribution in [0.5, 0.6) is 0 Å². The second kappa shape index (κ2) is 4.79. The van der Waals surface area contributed by atoms with Gasteiger partial charge in [-0.05, 0) is 21.3 Å². The van der Waals surface area contributed by atoms with Crippen LogP contribution < -0.4 is 5.48 Å². The Balaban J connectivity index is 3.12. The quantitative estimate of drug-likeness (QED) is 0.476. The molecule has 1 amide bonds. The summed E-state index contributed by atoms with van der Waals surface area (Å²) < 4.78 is 4.20. The van der Waals surface area contributed by atoms with Crippen LogP contribution in [0.4, 0.5) is 0 Å². The van der Waals surface area contributed by atoms with Crippen molar-refractivity contribution in [1.82, 2.24) is 5.48 Å². The van der Waals surface area contributed by atoms with Crippen molar-refractivity contribution in [2.24, 2.45) is 0 Å². The van der Waals surface area contributed by atoms with Crippen molar-refractivity contribution in [3.8, 4) is 0 Å². The normalized spacial score (nSPS) is 11.5. The SMILES string of the molecule is CC(C)(C)c1ccccc1C(=O)[N+]OS. The molecule has 0 bridgehead atoms. The van der Waals surface area contributed by atoms with E-state index in [2.05, 4.69) is 22.7 Å². The summed E-state index contributed by atoms with van der Waals surface area (Å²) in [6, 6.07) is 7.36.